The smallest absolute Gasteiger partial charge is 0.122 e. The molecule has 1 heterocycles. The third kappa shape index (κ3) is 5.64. The van der Waals surface area contributed by atoms with Crippen molar-refractivity contribution in [2.45, 2.75) is 64.6 Å². The number of unbranched alkanes of at least 4 members (excludes halogenated alkanes) is 3. The van der Waals surface area contributed by atoms with Crippen LogP contribution < -0.4 is 0 Å². The van der Waals surface area contributed by atoms with E-state index in [2.05, 4.69) is 37.8 Å². The standard InChI is InChI=1S/C14H22O/c1-3-4-5-6-7-11-14-12-9-8-10-13(2)15-14/h8-9,13-14H,3-6,10,12H2,1-2H3/t13-,14+/m0/s1. The summed E-state index contributed by atoms with van der Waals surface area (Å²) in [4.78, 5) is 0. The SMILES string of the molecule is CCCCCC#C[C@@H]1CC=CC[C@H](C)O1. The maximum atomic E-state index is 5.78. The Hall–Kier alpha value is -0.740. The predicted octanol–water partition coefficient (Wildman–Crippen LogP) is 3.69. The lowest BCUT2D eigenvalue weighted by atomic mass is 10.2. The minimum atomic E-state index is 0.125. The molecule has 1 rings (SSSR count). The van der Waals surface area contributed by atoms with Crippen LogP contribution in [0.3, 0.4) is 0 Å². The van der Waals surface area contributed by atoms with E-state index in [4.69, 9.17) is 4.74 Å². The van der Waals surface area contributed by atoms with Gasteiger partial charge in [-0.05, 0) is 19.8 Å². The van der Waals surface area contributed by atoms with E-state index in [0.717, 1.165) is 19.3 Å². The Kier molecular flexibility index (Phi) is 6.20. The molecule has 1 aliphatic heterocycles. The molecule has 0 fully saturated rings. The van der Waals surface area contributed by atoms with Crippen molar-refractivity contribution >= 4 is 0 Å². The lowest BCUT2D eigenvalue weighted by Crippen LogP contribution is -2.15. The van der Waals surface area contributed by atoms with Crippen LogP contribution in [0.5, 0.6) is 0 Å². The van der Waals surface area contributed by atoms with E-state index in [0.29, 0.717) is 6.10 Å². The second kappa shape index (κ2) is 7.54. The van der Waals surface area contributed by atoms with E-state index in [1.165, 1.54) is 19.3 Å². The second-order valence-electron chi connectivity index (χ2n) is 4.16. The molecule has 0 spiro atoms. The first-order chi connectivity index (χ1) is 7.33. The molecule has 0 unspecified atom stereocenters. The quantitative estimate of drug-likeness (QED) is 0.389. The highest BCUT2D eigenvalue weighted by molar-refractivity contribution is 5.08. The Labute approximate surface area is 93.9 Å². The molecule has 0 aliphatic carbocycles. The van der Waals surface area contributed by atoms with Gasteiger partial charge in [-0.3, -0.25) is 0 Å². The van der Waals surface area contributed by atoms with Gasteiger partial charge >= 0.3 is 0 Å². The fourth-order valence-electron chi connectivity index (χ4n) is 1.64. The molecular weight excluding hydrogens is 184 g/mol. The average Bonchev–Trinajstić information content (AvgIpc) is 2.43. The van der Waals surface area contributed by atoms with Gasteiger partial charge in [-0.15, -0.1) is 5.92 Å². The Bertz CT molecular complexity index is 244. The molecule has 0 aromatic carbocycles. The summed E-state index contributed by atoms with van der Waals surface area (Å²) in [6.07, 6.45) is 11.6. The van der Waals surface area contributed by atoms with Crippen LogP contribution in [0, 0.1) is 11.8 Å². The number of rotatable bonds is 3. The van der Waals surface area contributed by atoms with Gasteiger partial charge in [0, 0.05) is 12.8 Å². The normalized spacial score (nSPS) is 25.5. The summed E-state index contributed by atoms with van der Waals surface area (Å²) in [6.45, 7) is 4.33. The van der Waals surface area contributed by atoms with Gasteiger partial charge in [0.15, 0.2) is 0 Å². The van der Waals surface area contributed by atoms with E-state index in [1.54, 1.807) is 0 Å². The Balaban J connectivity index is 2.26. The fraction of sp³-hybridized carbons (Fsp3) is 0.714. The van der Waals surface area contributed by atoms with Gasteiger partial charge < -0.3 is 4.74 Å². The highest BCUT2D eigenvalue weighted by Crippen LogP contribution is 2.11. The van der Waals surface area contributed by atoms with Crippen molar-refractivity contribution in [3.8, 4) is 11.8 Å². The molecule has 1 aliphatic rings. The number of ether oxygens (including phenoxy) is 1. The highest BCUT2D eigenvalue weighted by Gasteiger charge is 2.11. The predicted molar refractivity (Wildman–Crippen MR) is 64.6 cm³/mol. The van der Waals surface area contributed by atoms with Gasteiger partial charge in [0.2, 0.25) is 0 Å². The average molecular weight is 206 g/mol. The lowest BCUT2D eigenvalue weighted by Gasteiger charge is -2.13. The molecule has 84 valence electrons. The molecule has 0 saturated heterocycles. The van der Waals surface area contributed by atoms with E-state index < -0.39 is 0 Å². The van der Waals surface area contributed by atoms with Crippen molar-refractivity contribution in [1.82, 2.24) is 0 Å². The second-order valence-corrected chi connectivity index (χ2v) is 4.16. The van der Waals surface area contributed by atoms with Gasteiger partial charge in [-0.1, -0.05) is 37.8 Å². The summed E-state index contributed by atoms with van der Waals surface area (Å²) < 4.78 is 5.78. The molecule has 0 saturated carbocycles. The lowest BCUT2D eigenvalue weighted by molar-refractivity contribution is 0.0373. The van der Waals surface area contributed by atoms with Crippen LogP contribution in [0.25, 0.3) is 0 Å². The molecule has 1 nitrogen and oxygen atoms in total. The van der Waals surface area contributed by atoms with Crippen LogP contribution in [0.4, 0.5) is 0 Å². The van der Waals surface area contributed by atoms with Gasteiger partial charge in [-0.2, -0.15) is 0 Å². The van der Waals surface area contributed by atoms with Crippen LogP contribution in [-0.2, 0) is 4.74 Å². The summed E-state index contributed by atoms with van der Waals surface area (Å²) >= 11 is 0. The molecule has 0 N–H and O–H groups in total. The van der Waals surface area contributed by atoms with Crippen molar-refractivity contribution < 1.29 is 4.74 Å². The van der Waals surface area contributed by atoms with E-state index in [-0.39, 0.29) is 6.10 Å². The Morgan fingerprint density at radius 2 is 2.07 bits per heavy atom. The third-order valence-corrected chi connectivity index (χ3v) is 2.55. The van der Waals surface area contributed by atoms with Gasteiger partial charge in [-0.25, -0.2) is 0 Å². The highest BCUT2D eigenvalue weighted by atomic mass is 16.5. The third-order valence-electron chi connectivity index (χ3n) is 2.55. The fourth-order valence-corrected chi connectivity index (χ4v) is 1.64. The van der Waals surface area contributed by atoms with Crippen LogP contribution in [0.2, 0.25) is 0 Å². The minimum absolute atomic E-state index is 0.125. The van der Waals surface area contributed by atoms with Crippen molar-refractivity contribution in [3.05, 3.63) is 12.2 Å². The zero-order chi connectivity index (χ0) is 10.9. The maximum absolute atomic E-state index is 5.78. The minimum Gasteiger partial charge on any atom is -0.362 e. The summed E-state index contributed by atoms with van der Waals surface area (Å²) in [6, 6.07) is 0. The van der Waals surface area contributed by atoms with Gasteiger partial charge in [0.05, 0.1) is 6.10 Å². The largest absolute Gasteiger partial charge is 0.362 e. The van der Waals surface area contributed by atoms with Gasteiger partial charge in [0.1, 0.15) is 6.10 Å². The Morgan fingerprint density at radius 1 is 1.27 bits per heavy atom. The zero-order valence-corrected chi connectivity index (χ0v) is 9.96. The van der Waals surface area contributed by atoms with Crippen LogP contribution >= 0.6 is 0 Å². The molecule has 0 aromatic heterocycles. The monoisotopic (exact) mass is 206 g/mol. The van der Waals surface area contributed by atoms with E-state index in [9.17, 15) is 0 Å². The summed E-state index contributed by atoms with van der Waals surface area (Å²) in [5.74, 6) is 6.46. The van der Waals surface area contributed by atoms with Crippen molar-refractivity contribution in [2.75, 3.05) is 0 Å². The topological polar surface area (TPSA) is 9.23 Å². The van der Waals surface area contributed by atoms with E-state index >= 15 is 0 Å². The van der Waals surface area contributed by atoms with E-state index in [1.807, 2.05) is 0 Å². The molecule has 0 radical (unpaired) electrons. The zero-order valence-electron chi connectivity index (χ0n) is 9.96. The molecule has 1 heteroatoms. The van der Waals surface area contributed by atoms with Crippen molar-refractivity contribution in [3.63, 3.8) is 0 Å². The van der Waals surface area contributed by atoms with Crippen LogP contribution in [0.1, 0.15) is 52.4 Å². The van der Waals surface area contributed by atoms with Crippen molar-refractivity contribution in [2.24, 2.45) is 0 Å². The van der Waals surface area contributed by atoms with Gasteiger partial charge in [0.25, 0.3) is 0 Å². The molecule has 0 amide bonds. The first-order valence-electron chi connectivity index (χ1n) is 6.11. The first kappa shape index (κ1) is 12.3. The summed E-state index contributed by atoms with van der Waals surface area (Å²) in [5.41, 5.74) is 0. The number of hydrogen-bond donors (Lipinski definition) is 0. The summed E-state index contributed by atoms with van der Waals surface area (Å²) in [5, 5.41) is 0. The maximum Gasteiger partial charge on any atom is 0.122 e. The first-order valence-corrected chi connectivity index (χ1v) is 6.11. The molecule has 0 aromatic rings. The summed E-state index contributed by atoms with van der Waals surface area (Å²) in [7, 11) is 0. The Morgan fingerprint density at radius 3 is 2.87 bits per heavy atom. The van der Waals surface area contributed by atoms with Crippen LogP contribution in [-0.4, -0.2) is 12.2 Å². The van der Waals surface area contributed by atoms with Crippen LogP contribution in [0.15, 0.2) is 12.2 Å². The molecule has 0 bridgehead atoms. The molecule has 2 atom stereocenters. The molecule has 15 heavy (non-hydrogen) atoms. The number of hydrogen-bond acceptors (Lipinski definition) is 1. The molecular formula is C14H22O. The van der Waals surface area contributed by atoms with Crippen molar-refractivity contribution in [1.29, 1.82) is 0 Å².